The third-order valence-corrected chi connectivity index (χ3v) is 9.43. The van der Waals surface area contributed by atoms with Crippen LogP contribution >= 0.6 is 0 Å². The van der Waals surface area contributed by atoms with E-state index in [-0.39, 0.29) is 11.5 Å². The van der Waals surface area contributed by atoms with E-state index in [1.54, 1.807) is 37.6 Å². The number of carbonyl (C=O) groups is 2. The largest absolute Gasteiger partial charge is 0.497 e. The molecule has 0 bridgehead atoms. The van der Waals surface area contributed by atoms with Crippen molar-refractivity contribution in [2.24, 2.45) is 0 Å². The summed E-state index contributed by atoms with van der Waals surface area (Å²) in [7, 11) is 1.67. The number of aromatic amines is 1. The van der Waals surface area contributed by atoms with Crippen LogP contribution in [0.5, 0.6) is 11.5 Å². The van der Waals surface area contributed by atoms with Gasteiger partial charge >= 0.3 is 5.97 Å². The van der Waals surface area contributed by atoms with Crippen LogP contribution in [0.15, 0.2) is 66.9 Å². The Bertz CT molecular complexity index is 1950. The van der Waals surface area contributed by atoms with Gasteiger partial charge in [0, 0.05) is 28.1 Å². The third kappa shape index (κ3) is 5.29. The molecular formula is C37H38N4O5. The van der Waals surface area contributed by atoms with E-state index in [9.17, 15) is 14.7 Å². The molecule has 46 heavy (non-hydrogen) atoms. The Morgan fingerprint density at radius 1 is 1.02 bits per heavy atom. The first-order valence-corrected chi connectivity index (χ1v) is 15.9. The number of aromatic carboxylic acids is 1. The van der Waals surface area contributed by atoms with Crippen molar-refractivity contribution in [2.45, 2.75) is 64.0 Å². The predicted octanol–water partition coefficient (Wildman–Crippen LogP) is 7.51. The number of imidazole rings is 1. The Morgan fingerprint density at radius 3 is 2.52 bits per heavy atom. The lowest BCUT2D eigenvalue weighted by Crippen LogP contribution is -2.41. The summed E-state index contributed by atoms with van der Waals surface area (Å²) in [5.74, 6) is 1.48. The first-order chi connectivity index (χ1) is 22.2. The van der Waals surface area contributed by atoms with Gasteiger partial charge in [-0.1, -0.05) is 37.5 Å². The molecule has 1 fully saturated rings. The standard InChI is InChI=1S/C37H38N4O5/c1-37(2,36-38-21-29(39-36)22-9-11-24(12-10-22)35(43)44)40-34(42)25-13-15-27-30(19-25)41-17-18-46-31-20-26(45-3)14-16-28(31)33(41)32(27)23-7-5-4-6-8-23/h9-16,19-21,23H,4-8,17-18H2,1-3H3,(H,38,39)(H,40,42)(H,43,44). The zero-order valence-electron chi connectivity index (χ0n) is 26.4. The molecule has 5 aromatic rings. The number of rotatable bonds is 7. The number of fused-ring (bicyclic) bond motifs is 5. The predicted molar refractivity (Wildman–Crippen MR) is 177 cm³/mol. The fourth-order valence-electron chi connectivity index (χ4n) is 7.03. The molecular weight excluding hydrogens is 580 g/mol. The van der Waals surface area contributed by atoms with Crippen molar-refractivity contribution in [1.29, 1.82) is 0 Å². The number of hydrogen-bond acceptors (Lipinski definition) is 5. The van der Waals surface area contributed by atoms with Crippen molar-refractivity contribution in [3.63, 3.8) is 0 Å². The summed E-state index contributed by atoms with van der Waals surface area (Å²) in [5, 5.41) is 13.6. The van der Waals surface area contributed by atoms with Crippen molar-refractivity contribution < 1.29 is 24.2 Å². The number of carboxylic acids is 1. The molecule has 0 spiro atoms. The molecule has 0 saturated heterocycles. The number of H-pyrrole nitrogens is 1. The van der Waals surface area contributed by atoms with Gasteiger partial charge in [-0.15, -0.1) is 0 Å². The summed E-state index contributed by atoms with van der Waals surface area (Å²) in [6.07, 6.45) is 7.73. The Morgan fingerprint density at radius 2 is 1.78 bits per heavy atom. The first-order valence-electron chi connectivity index (χ1n) is 15.9. The highest BCUT2D eigenvalue weighted by Crippen LogP contribution is 2.47. The summed E-state index contributed by atoms with van der Waals surface area (Å²) in [5.41, 5.74) is 6.19. The molecule has 7 rings (SSSR count). The van der Waals surface area contributed by atoms with Crippen molar-refractivity contribution in [1.82, 2.24) is 19.9 Å². The first kappa shape index (κ1) is 29.6. The maximum Gasteiger partial charge on any atom is 0.335 e. The Balaban J connectivity index is 1.23. The van der Waals surface area contributed by atoms with Crippen LogP contribution in [-0.4, -0.2) is 45.2 Å². The number of hydrogen-bond donors (Lipinski definition) is 3. The molecule has 236 valence electrons. The van der Waals surface area contributed by atoms with Crippen LogP contribution < -0.4 is 14.8 Å². The van der Waals surface area contributed by atoms with Crippen molar-refractivity contribution in [3.8, 4) is 34.0 Å². The lowest BCUT2D eigenvalue weighted by atomic mass is 9.81. The molecule has 1 aliphatic heterocycles. The van der Waals surface area contributed by atoms with Crippen LogP contribution in [0.2, 0.25) is 0 Å². The molecule has 2 aromatic heterocycles. The zero-order valence-corrected chi connectivity index (χ0v) is 26.4. The quantitative estimate of drug-likeness (QED) is 0.174. The monoisotopic (exact) mass is 618 g/mol. The van der Waals surface area contributed by atoms with Gasteiger partial charge < -0.3 is 29.4 Å². The molecule has 1 aliphatic carbocycles. The minimum absolute atomic E-state index is 0.194. The smallest absolute Gasteiger partial charge is 0.335 e. The van der Waals surface area contributed by atoms with Crippen LogP contribution in [0.1, 0.15) is 84.0 Å². The van der Waals surface area contributed by atoms with E-state index in [1.165, 1.54) is 35.9 Å². The number of methoxy groups -OCH3 is 1. The second-order valence-corrected chi connectivity index (χ2v) is 12.8. The lowest BCUT2D eigenvalue weighted by molar-refractivity contribution is 0.0696. The number of benzene rings is 3. The van der Waals surface area contributed by atoms with Gasteiger partial charge in [0.05, 0.1) is 42.3 Å². The molecule has 3 heterocycles. The van der Waals surface area contributed by atoms with E-state index in [4.69, 9.17) is 9.47 Å². The molecule has 9 heteroatoms. The van der Waals surface area contributed by atoms with Crippen LogP contribution in [0.4, 0.5) is 0 Å². The molecule has 3 aromatic carbocycles. The van der Waals surface area contributed by atoms with Crippen LogP contribution in [-0.2, 0) is 12.1 Å². The normalized spacial score (nSPS) is 15.0. The maximum atomic E-state index is 13.8. The lowest BCUT2D eigenvalue weighted by Gasteiger charge is -2.24. The number of nitrogens with one attached hydrogen (secondary N) is 2. The number of amides is 1. The van der Waals surface area contributed by atoms with Gasteiger partial charge in [-0.25, -0.2) is 9.78 Å². The number of aromatic nitrogens is 3. The maximum absolute atomic E-state index is 13.8. The molecule has 3 N–H and O–H groups in total. The molecule has 1 amide bonds. The van der Waals surface area contributed by atoms with Gasteiger partial charge in [0.2, 0.25) is 0 Å². The average Bonchev–Trinajstić information content (AvgIpc) is 3.64. The number of carbonyl (C=O) groups excluding carboxylic acids is 1. The highest BCUT2D eigenvalue weighted by Gasteiger charge is 2.31. The minimum atomic E-state index is -0.973. The van der Waals surface area contributed by atoms with E-state index in [0.717, 1.165) is 46.7 Å². The number of carboxylic acid groups (broad SMARTS) is 1. The van der Waals surface area contributed by atoms with Gasteiger partial charge in [0.25, 0.3) is 5.91 Å². The second-order valence-electron chi connectivity index (χ2n) is 12.8. The summed E-state index contributed by atoms with van der Waals surface area (Å²) in [6, 6.07) is 18.7. The van der Waals surface area contributed by atoms with Gasteiger partial charge in [0.1, 0.15) is 23.9 Å². The minimum Gasteiger partial charge on any atom is -0.497 e. The molecule has 9 nitrogen and oxygen atoms in total. The average molecular weight is 619 g/mol. The van der Waals surface area contributed by atoms with E-state index in [2.05, 4.69) is 32.0 Å². The number of nitrogens with zero attached hydrogens (tertiary/aromatic N) is 2. The van der Waals surface area contributed by atoms with Crippen molar-refractivity contribution >= 4 is 22.8 Å². The van der Waals surface area contributed by atoms with Crippen molar-refractivity contribution in [3.05, 3.63) is 89.4 Å². The second kappa shape index (κ2) is 11.7. The van der Waals surface area contributed by atoms with Gasteiger partial charge in [-0.3, -0.25) is 4.79 Å². The molecule has 2 aliphatic rings. The number of ether oxygens (including phenoxy) is 2. The Kier molecular flexibility index (Phi) is 7.55. The molecule has 1 saturated carbocycles. The summed E-state index contributed by atoms with van der Waals surface area (Å²) in [6.45, 7) is 5.01. The van der Waals surface area contributed by atoms with E-state index in [1.807, 2.05) is 38.1 Å². The fraction of sp³-hybridized carbons (Fsp3) is 0.324. The van der Waals surface area contributed by atoms with Gasteiger partial charge in [0.15, 0.2) is 0 Å². The van der Waals surface area contributed by atoms with E-state index in [0.29, 0.717) is 30.5 Å². The summed E-state index contributed by atoms with van der Waals surface area (Å²) < 4.78 is 14.1. The Labute approximate surface area is 267 Å². The van der Waals surface area contributed by atoms with Crippen molar-refractivity contribution in [2.75, 3.05) is 13.7 Å². The Hall–Kier alpha value is -5.05. The highest BCUT2D eigenvalue weighted by molar-refractivity contribution is 6.01. The summed E-state index contributed by atoms with van der Waals surface area (Å²) >= 11 is 0. The molecule has 0 unspecified atom stereocenters. The fourth-order valence-corrected chi connectivity index (χ4v) is 7.03. The third-order valence-electron chi connectivity index (χ3n) is 9.43. The summed E-state index contributed by atoms with van der Waals surface area (Å²) in [4.78, 5) is 32.9. The zero-order chi connectivity index (χ0) is 32.0. The topological polar surface area (TPSA) is 118 Å². The highest BCUT2D eigenvalue weighted by atomic mass is 16.5. The van der Waals surface area contributed by atoms with Gasteiger partial charge in [-0.05, 0) is 80.1 Å². The SMILES string of the molecule is COc1ccc2c(c1)OCCn1c-2c(C2CCCCC2)c2ccc(C(=O)NC(C)(C)c3ncc(-c4ccc(C(=O)O)cc4)[nH]3)cc21. The van der Waals surface area contributed by atoms with Gasteiger partial charge in [-0.2, -0.15) is 0 Å². The molecule has 0 radical (unpaired) electrons. The van der Waals surface area contributed by atoms with Crippen LogP contribution in [0, 0.1) is 0 Å². The molecule has 0 atom stereocenters. The van der Waals surface area contributed by atoms with Crippen LogP contribution in [0.3, 0.4) is 0 Å². The van der Waals surface area contributed by atoms with Crippen LogP contribution in [0.25, 0.3) is 33.4 Å². The van der Waals surface area contributed by atoms with E-state index >= 15 is 0 Å². The van der Waals surface area contributed by atoms with E-state index < -0.39 is 11.5 Å².